The third-order valence-electron chi connectivity index (χ3n) is 4.79. The van der Waals surface area contributed by atoms with Crippen molar-refractivity contribution in [3.05, 3.63) is 77.6 Å². The first-order valence-electron chi connectivity index (χ1n) is 9.62. The summed E-state index contributed by atoms with van der Waals surface area (Å²) in [7, 11) is -3.87. The van der Waals surface area contributed by atoms with E-state index in [-0.39, 0.29) is 12.0 Å². The van der Waals surface area contributed by atoms with E-state index >= 15 is 0 Å². The van der Waals surface area contributed by atoms with Crippen LogP contribution in [0, 0.1) is 0 Å². The zero-order valence-corrected chi connectivity index (χ0v) is 18.4. The first-order chi connectivity index (χ1) is 14.0. The lowest BCUT2D eigenvalue weighted by atomic mass is 9.87. The topological polar surface area (TPSA) is 85.4 Å². The Morgan fingerprint density at radius 3 is 2.43 bits per heavy atom. The molecule has 1 atom stereocenters. The maximum atomic E-state index is 12.9. The molecule has 1 aromatic heterocycles. The number of nitrogens with one attached hydrogen (secondary N) is 1. The van der Waals surface area contributed by atoms with E-state index in [0.29, 0.717) is 10.9 Å². The first kappa shape index (κ1) is 21.9. The average molecular weight is 427 g/mol. The Morgan fingerprint density at radius 1 is 1.10 bits per heavy atom. The van der Waals surface area contributed by atoms with Gasteiger partial charge in [-0.3, -0.25) is 14.0 Å². The van der Waals surface area contributed by atoms with E-state index in [1.165, 1.54) is 5.56 Å². The predicted molar refractivity (Wildman–Crippen MR) is 117 cm³/mol. The maximum Gasteiger partial charge on any atom is 0.265 e. The zero-order chi connectivity index (χ0) is 21.9. The number of pyridine rings is 1. The molecule has 0 bridgehead atoms. The monoisotopic (exact) mass is 426 g/mol. The van der Waals surface area contributed by atoms with Crippen molar-refractivity contribution in [1.29, 1.82) is 0 Å². The predicted octanol–water partition coefficient (Wildman–Crippen LogP) is 3.87. The molecule has 0 saturated heterocycles. The SMILES string of the molecule is CC(C)(C)c1ccc(CNC(=O)C(OS(C)(=O)=O)c2cccc3cnccc23)cc1. The third kappa shape index (κ3) is 5.43. The van der Waals surface area contributed by atoms with Crippen LogP contribution in [0.1, 0.15) is 43.6 Å². The van der Waals surface area contributed by atoms with Crippen molar-refractivity contribution in [1.82, 2.24) is 10.3 Å². The molecule has 158 valence electrons. The highest BCUT2D eigenvalue weighted by atomic mass is 32.2. The number of amides is 1. The number of carbonyl (C=O) groups is 1. The van der Waals surface area contributed by atoms with Gasteiger partial charge >= 0.3 is 0 Å². The Bertz CT molecular complexity index is 1140. The average Bonchev–Trinajstić information content (AvgIpc) is 2.69. The van der Waals surface area contributed by atoms with Crippen LogP contribution in [-0.4, -0.2) is 25.6 Å². The van der Waals surface area contributed by atoms with Crippen molar-refractivity contribution < 1.29 is 17.4 Å². The van der Waals surface area contributed by atoms with Crippen LogP contribution in [0.4, 0.5) is 0 Å². The van der Waals surface area contributed by atoms with Crippen molar-refractivity contribution in [3.8, 4) is 0 Å². The van der Waals surface area contributed by atoms with E-state index in [1.807, 2.05) is 30.3 Å². The van der Waals surface area contributed by atoms with Gasteiger partial charge in [-0.15, -0.1) is 0 Å². The third-order valence-corrected chi connectivity index (χ3v) is 5.33. The number of aromatic nitrogens is 1. The molecule has 0 spiro atoms. The second-order valence-corrected chi connectivity index (χ2v) is 9.89. The molecule has 6 nitrogen and oxygen atoms in total. The highest BCUT2D eigenvalue weighted by Gasteiger charge is 2.27. The van der Waals surface area contributed by atoms with Gasteiger partial charge in [-0.1, -0.05) is 63.2 Å². The van der Waals surface area contributed by atoms with Crippen molar-refractivity contribution in [2.75, 3.05) is 6.26 Å². The molecule has 0 aliphatic heterocycles. The normalized spacial score (nSPS) is 13.2. The minimum absolute atomic E-state index is 0.0411. The molecule has 0 fully saturated rings. The molecule has 1 amide bonds. The van der Waals surface area contributed by atoms with E-state index in [4.69, 9.17) is 4.18 Å². The van der Waals surface area contributed by atoms with Crippen LogP contribution in [0.2, 0.25) is 0 Å². The van der Waals surface area contributed by atoms with Crippen molar-refractivity contribution in [2.45, 2.75) is 38.8 Å². The maximum absolute atomic E-state index is 12.9. The van der Waals surface area contributed by atoms with Gasteiger partial charge in [0.05, 0.1) is 6.26 Å². The quantitative estimate of drug-likeness (QED) is 0.605. The largest absolute Gasteiger partial charge is 0.349 e. The molecule has 3 aromatic rings. The van der Waals surface area contributed by atoms with Crippen LogP contribution >= 0.6 is 0 Å². The Hall–Kier alpha value is -2.77. The van der Waals surface area contributed by atoms with Gasteiger partial charge in [-0.25, -0.2) is 0 Å². The van der Waals surface area contributed by atoms with Gasteiger partial charge in [0, 0.05) is 24.3 Å². The van der Waals surface area contributed by atoms with Crippen molar-refractivity contribution in [2.24, 2.45) is 0 Å². The molecule has 30 heavy (non-hydrogen) atoms. The molecule has 0 aliphatic rings. The van der Waals surface area contributed by atoms with E-state index in [9.17, 15) is 13.2 Å². The Kier molecular flexibility index (Phi) is 6.24. The molecule has 0 saturated carbocycles. The summed E-state index contributed by atoms with van der Waals surface area (Å²) in [6.07, 6.45) is 2.90. The molecule has 7 heteroatoms. The second-order valence-electron chi connectivity index (χ2n) is 8.29. The fourth-order valence-electron chi connectivity index (χ4n) is 3.19. The lowest BCUT2D eigenvalue weighted by Gasteiger charge is -2.20. The van der Waals surface area contributed by atoms with Gasteiger partial charge in [0.25, 0.3) is 16.0 Å². The summed E-state index contributed by atoms with van der Waals surface area (Å²) in [6.45, 7) is 6.67. The van der Waals surface area contributed by atoms with Crippen LogP contribution in [0.5, 0.6) is 0 Å². The minimum atomic E-state index is -3.87. The number of carbonyl (C=O) groups excluding carboxylic acids is 1. The molecule has 0 radical (unpaired) electrons. The van der Waals surface area contributed by atoms with Gasteiger partial charge in [0.15, 0.2) is 6.10 Å². The number of hydrogen-bond acceptors (Lipinski definition) is 5. The van der Waals surface area contributed by atoms with Gasteiger partial charge in [-0.2, -0.15) is 8.42 Å². The fourth-order valence-corrected chi connectivity index (χ4v) is 3.73. The molecule has 3 rings (SSSR count). The van der Waals surface area contributed by atoms with Gasteiger partial charge in [0.2, 0.25) is 0 Å². The van der Waals surface area contributed by atoms with Crippen LogP contribution in [0.25, 0.3) is 10.8 Å². The Labute approximate surface area is 177 Å². The van der Waals surface area contributed by atoms with Crippen molar-refractivity contribution >= 4 is 26.8 Å². The Morgan fingerprint density at radius 2 is 1.80 bits per heavy atom. The second kappa shape index (κ2) is 8.53. The van der Waals surface area contributed by atoms with E-state index in [0.717, 1.165) is 17.2 Å². The highest BCUT2D eigenvalue weighted by Crippen LogP contribution is 2.28. The molecular formula is C23H26N2O4S. The molecular weight excluding hydrogens is 400 g/mol. The number of benzene rings is 2. The van der Waals surface area contributed by atoms with Crippen LogP contribution in [-0.2, 0) is 31.1 Å². The minimum Gasteiger partial charge on any atom is -0.349 e. The van der Waals surface area contributed by atoms with E-state index in [1.54, 1.807) is 30.6 Å². The van der Waals surface area contributed by atoms with Gasteiger partial charge < -0.3 is 5.32 Å². The van der Waals surface area contributed by atoms with Crippen LogP contribution < -0.4 is 5.32 Å². The molecule has 1 heterocycles. The smallest absolute Gasteiger partial charge is 0.265 e. The lowest BCUT2D eigenvalue weighted by Crippen LogP contribution is -2.31. The van der Waals surface area contributed by atoms with E-state index < -0.39 is 22.1 Å². The summed E-state index contributed by atoms with van der Waals surface area (Å²) in [5.74, 6) is -0.523. The molecule has 1 unspecified atom stereocenters. The van der Waals surface area contributed by atoms with Gasteiger partial charge in [0.1, 0.15) is 0 Å². The molecule has 2 aromatic carbocycles. The Balaban J connectivity index is 1.85. The van der Waals surface area contributed by atoms with Gasteiger partial charge in [-0.05, 0) is 33.6 Å². The lowest BCUT2D eigenvalue weighted by molar-refractivity contribution is -0.128. The summed E-state index contributed by atoms with van der Waals surface area (Å²) < 4.78 is 28.9. The van der Waals surface area contributed by atoms with E-state index in [2.05, 4.69) is 31.1 Å². The molecule has 0 aliphatic carbocycles. The number of rotatable bonds is 6. The van der Waals surface area contributed by atoms with Crippen LogP contribution in [0.3, 0.4) is 0 Å². The summed E-state index contributed by atoms with van der Waals surface area (Å²) in [5, 5.41) is 4.31. The standard InChI is InChI=1S/C23H26N2O4S/c1-23(2,3)18-10-8-16(9-11-18)14-25-22(26)21(29-30(4,27)28)20-7-5-6-17-15-24-13-12-19(17)20/h5-13,15,21H,14H2,1-4H3,(H,25,26). The summed E-state index contributed by atoms with van der Waals surface area (Å²) in [6, 6.07) is 15.0. The fraction of sp³-hybridized carbons (Fsp3) is 0.304. The first-order valence-corrected chi connectivity index (χ1v) is 11.4. The summed E-state index contributed by atoms with van der Waals surface area (Å²) in [5.41, 5.74) is 2.62. The van der Waals surface area contributed by atoms with Crippen molar-refractivity contribution in [3.63, 3.8) is 0 Å². The molecule has 1 N–H and O–H groups in total. The summed E-state index contributed by atoms with van der Waals surface area (Å²) in [4.78, 5) is 17.0. The van der Waals surface area contributed by atoms with Crippen LogP contribution in [0.15, 0.2) is 60.9 Å². The number of fused-ring (bicyclic) bond motifs is 1. The number of hydrogen-bond donors (Lipinski definition) is 1. The highest BCUT2D eigenvalue weighted by molar-refractivity contribution is 7.86. The number of nitrogens with zero attached hydrogens (tertiary/aromatic N) is 1. The summed E-state index contributed by atoms with van der Waals surface area (Å²) >= 11 is 0. The zero-order valence-electron chi connectivity index (χ0n) is 17.5.